The van der Waals surface area contributed by atoms with Gasteiger partial charge in [0.2, 0.25) is 17.5 Å². The maximum absolute atomic E-state index is 12.5. The second kappa shape index (κ2) is 12.9. The van der Waals surface area contributed by atoms with Gasteiger partial charge in [0.25, 0.3) is 0 Å². The van der Waals surface area contributed by atoms with E-state index in [0.717, 1.165) is 31.4 Å². The second-order valence-electron chi connectivity index (χ2n) is 8.74. The van der Waals surface area contributed by atoms with Crippen molar-refractivity contribution < 1.29 is 24.3 Å². The fraction of sp³-hybridized carbons (Fsp3) is 0.818. The van der Waals surface area contributed by atoms with Crippen molar-refractivity contribution in [3.63, 3.8) is 0 Å². The predicted molar refractivity (Wildman–Crippen MR) is 124 cm³/mol. The number of carboxylic acids is 1. The number of rotatable bonds is 15. The largest absolute Gasteiger partial charge is 0.478 e. The summed E-state index contributed by atoms with van der Waals surface area (Å²) in [5, 5.41) is 21.3. The third-order valence-corrected chi connectivity index (χ3v) is 7.57. The number of nitrogens with one attached hydrogen (secondary N) is 4. The van der Waals surface area contributed by atoms with E-state index in [0.29, 0.717) is 25.7 Å². The van der Waals surface area contributed by atoms with Crippen LogP contribution in [0, 0.1) is 0 Å². The first kappa shape index (κ1) is 26.3. The van der Waals surface area contributed by atoms with Crippen LogP contribution >= 0.6 is 11.8 Å². The molecule has 9 nitrogen and oxygen atoms in total. The van der Waals surface area contributed by atoms with Gasteiger partial charge in [-0.3, -0.25) is 9.59 Å². The van der Waals surface area contributed by atoms with Gasteiger partial charge in [-0.15, -0.1) is 0 Å². The SMILES string of the molecule is CCCCCC(=O)NC(CCC[C@@H]1SC[C@@H]2NC(=O)N[C@@H]21)(NC(=O)CCCCC)C(=O)O. The highest BCUT2D eigenvalue weighted by Crippen LogP contribution is 2.33. The maximum atomic E-state index is 12.5. The molecule has 0 aliphatic carbocycles. The minimum Gasteiger partial charge on any atom is -0.478 e. The maximum Gasteiger partial charge on any atom is 0.350 e. The molecular weight excluding hydrogens is 432 g/mol. The van der Waals surface area contributed by atoms with Gasteiger partial charge in [-0.05, 0) is 25.7 Å². The fourth-order valence-corrected chi connectivity index (χ4v) is 5.80. The number of thioether (sulfide) groups is 1. The van der Waals surface area contributed by atoms with Crippen LogP contribution < -0.4 is 21.3 Å². The summed E-state index contributed by atoms with van der Waals surface area (Å²) in [6.07, 6.45) is 6.77. The van der Waals surface area contributed by atoms with E-state index in [1.807, 2.05) is 13.8 Å². The summed E-state index contributed by atoms with van der Waals surface area (Å²) in [6.45, 7) is 4.06. The van der Waals surface area contributed by atoms with Crippen LogP contribution in [0.25, 0.3) is 0 Å². The van der Waals surface area contributed by atoms with Crippen LogP contribution in [0.3, 0.4) is 0 Å². The van der Waals surface area contributed by atoms with Crippen LogP contribution in [-0.2, 0) is 14.4 Å². The average molecular weight is 471 g/mol. The summed E-state index contributed by atoms with van der Waals surface area (Å²) in [4.78, 5) is 48.9. The molecule has 2 fully saturated rings. The lowest BCUT2D eigenvalue weighted by atomic mass is 9.97. The van der Waals surface area contributed by atoms with Crippen LogP contribution in [0.2, 0.25) is 0 Å². The number of carbonyl (C=O) groups excluding carboxylic acids is 3. The Kier molecular flexibility index (Phi) is 10.6. The normalized spacial score (nSPS) is 22.1. The van der Waals surface area contributed by atoms with Gasteiger partial charge in [-0.1, -0.05) is 39.5 Å². The van der Waals surface area contributed by atoms with E-state index in [1.165, 1.54) is 0 Å². The van der Waals surface area contributed by atoms with Crippen LogP contribution in [0.4, 0.5) is 4.79 Å². The number of hydrogen-bond acceptors (Lipinski definition) is 5. The number of urea groups is 1. The highest BCUT2D eigenvalue weighted by molar-refractivity contribution is 8.00. The number of carboxylic acid groups (broad SMARTS) is 1. The Bertz CT molecular complexity index is 651. The summed E-state index contributed by atoms with van der Waals surface area (Å²) in [5.41, 5.74) is -1.81. The first-order valence-electron chi connectivity index (χ1n) is 11.8. The average Bonchev–Trinajstić information content (AvgIpc) is 3.27. The van der Waals surface area contributed by atoms with Gasteiger partial charge >= 0.3 is 12.0 Å². The van der Waals surface area contributed by atoms with E-state index in [2.05, 4.69) is 21.3 Å². The molecule has 2 saturated heterocycles. The van der Waals surface area contributed by atoms with Crippen molar-refractivity contribution in [3.05, 3.63) is 0 Å². The number of unbranched alkanes of at least 4 members (excludes halogenated alkanes) is 4. The summed E-state index contributed by atoms with van der Waals surface area (Å²) >= 11 is 1.75. The lowest BCUT2D eigenvalue weighted by Gasteiger charge is -2.32. The van der Waals surface area contributed by atoms with E-state index in [-0.39, 0.29) is 54.4 Å². The van der Waals surface area contributed by atoms with Gasteiger partial charge in [-0.2, -0.15) is 11.8 Å². The third kappa shape index (κ3) is 7.56. The fourth-order valence-electron chi connectivity index (χ4n) is 4.25. The molecule has 0 radical (unpaired) electrons. The van der Waals surface area contributed by atoms with Gasteiger partial charge in [-0.25, -0.2) is 9.59 Å². The second-order valence-corrected chi connectivity index (χ2v) is 10.0. The molecule has 4 amide bonds. The lowest BCUT2D eigenvalue weighted by Crippen LogP contribution is -2.65. The Hall–Kier alpha value is -1.97. The van der Waals surface area contributed by atoms with Crippen molar-refractivity contribution in [3.8, 4) is 0 Å². The molecular formula is C22H38N4O5S. The zero-order valence-corrected chi connectivity index (χ0v) is 20.0. The first-order valence-corrected chi connectivity index (χ1v) is 12.9. The van der Waals surface area contributed by atoms with Crippen molar-refractivity contribution in [2.75, 3.05) is 5.75 Å². The highest BCUT2D eigenvalue weighted by Gasteiger charge is 2.44. The lowest BCUT2D eigenvalue weighted by molar-refractivity contribution is -0.152. The van der Waals surface area contributed by atoms with Crippen LogP contribution in [0.1, 0.15) is 84.5 Å². The molecule has 2 aliphatic heterocycles. The molecule has 5 N–H and O–H groups in total. The Morgan fingerprint density at radius 1 is 1.00 bits per heavy atom. The summed E-state index contributed by atoms with van der Waals surface area (Å²) < 4.78 is 0. The monoisotopic (exact) mass is 470 g/mol. The smallest absolute Gasteiger partial charge is 0.350 e. The molecule has 2 rings (SSSR count). The van der Waals surface area contributed by atoms with Gasteiger partial charge in [0.15, 0.2) is 0 Å². The van der Waals surface area contributed by atoms with Crippen molar-refractivity contribution in [2.45, 2.75) is 107 Å². The van der Waals surface area contributed by atoms with E-state index < -0.39 is 11.6 Å². The van der Waals surface area contributed by atoms with Gasteiger partial charge in [0, 0.05) is 30.3 Å². The van der Waals surface area contributed by atoms with Crippen LogP contribution in [0.15, 0.2) is 0 Å². The van der Waals surface area contributed by atoms with Crippen molar-refractivity contribution in [1.82, 2.24) is 21.3 Å². The number of hydrogen-bond donors (Lipinski definition) is 5. The zero-order valence-electron chi connectivity index (χ0n) is 19.2. The van der Waals surface area contributed by atoms with Gasteiger partial charge in [0.05, 0.1) is 12.1 Å². The minimum atomic E-state index is -1.81. The van der Waals surface area contributed by atoms with E-state index in [1.54, 1.807) is 11.8 Å². The van der Waals surface area contributed by atoms with Crippen molar-refractivity contribution in [2.24, 2.45) is 0 Å². The Morgan fingerprint density at radius 2 is 1.59 bits per heavy atom. The molecule has 0 saturated carbocycles. The number of amides is 4. The molecule has 32 heavy (non-hydrogen) atoms. The van der Waals surface area contributed by atoms with Gasteiger partial charge < -0.3 is 26.4 Å². The molecule has 0 spiro atoms. The van der Waals surface area contributed by atoms with Crippen LogP contribution in [0.5, 0.6) is 0 Å². The standard InChI is InChI=1S/C22H38N4O5S/c1-3-5-7-11-17(27)25-22(20(29)30,26-18(28)12-8-6-4-2)13-9-10-16-19-15(14-32-16)23-21(31)24-19/h15-16,19H,3-14H2,1-2H3,(H,25,27)(H,26,28)(H,29,30)(H2,23,24,31)/t15-,16-,19-/m0/s1. The van der Waals surface area contributed by atoms with Gasteiger partial charge in [0.1, 0.15) is 0 Å². The molecule has 0 unspecified atom stereocenters. The Balaban J connectivity index is 2.01. The van der Waals surface area contributed by atoms with Crippen molar-refractivity contribution in [1.29, 1.82) is 0 Å². The summed E-state index contributed by atoms with van der Waals surface area (Å²) in [7, 11) is 0. The number of carbonyl (C=O) groups is 4. The predicted octanol–water partition coefficient (Wildman–Crippen LogP) is 2.50. The summed E-state index contributed by atoms with van der Waals surface area (Å²) in [6, 6.07) is -0.0406. The molecule has 0 bridgehead atoms. The molecule has 10 heteroatoms. The molecule has 0 aromatic heterocycles. The molecule has 2 aliphatic rings. The van der Waals surface area contributed by atoms with E-state index >= 15 is 0 Å². The highest BCUT2D eigenvalue weighted by atomic mass is 32.2. The quantitative estimate of drug-likeness (QED) is 0.142. The van der Waals surface area contributed by atoms with Crippen molar-refractivity contribution >= 4 is 35.6 Å². The van der Waals surface area contributed by atoms with Crippen LogP contribution in [-0.4, -0.2) is 57.7 Å². The molecule has 182 valence electrons. The molecule has 3 atom stereocenters. The molecule has 0 aromatic rings. The Labute approximate surface area is 194 Å². The minimum absolute atomic E-state index is 0.0269. The van der Waals surface area contributed by atoms with E-state index in [4.69, 9.17) is 0 Å². The number of aliphatic carboxylic acids is 1. The molecule has 2 heterocycles. The van der Waals surface area contributed by atoms with E-state index in [9.17, 15) is 24.3 Å². The molecule has 0 aromatic carbocycles. The summed E-state index contributed by atoms with van der Waals surface area (Å²) in [5.74, 6) is -1.16. The topological polar surface area (TPSA) is 137 Å². The zero-order chi connectivity index (χ0) is 23.6. The Morgan fingerprint density at radius 3 is 2.12 bits per heavy atom. The number of fused-ring (bicyclic) bond motifs is 1. The first-order chi connectivity index (χ1) is 15.3. The third-order valence-electron chi connectivity index (χ3n) is 6.06.